The van der Waals surface area contributed by atoms with Gasteiger partial charge in [-0.3, -0.25) is 9.59 Å². The summed E-state index contributed by atoms with van der Waals surface area (Å²) in [5, 5.41) is 29.4. The monoisotopic (exact) mass is 678 g/mol. The van der Waals surface area contributed by atoms with Crippen molar-refractivity contribution in [3.8, 4) is 34.5 Å². The Labute approximate surface area is 294 Å². The number of rotatable bonds is 8. The smallest absolute Gasteiger partial charge is 0.259 e. The van der Waals surface area contributed by atoms with Crippen LogP contribution in [0, 0.1) is 0 Å². The summed E-state index contributed by atoms with van der Waals surface area (Å²) < 4.78 is 16.1. The van der Waals surface area contributed by atoms with Crippen LogP contribution in [0.1, 0.15) is 20.7 Å². The first-order chi connectivity index (χ1) is 24.8. The molecule has 0 unspecified atom stereocenters. The van der Waals surface area contributed by atoms with Gasteiger partial charge in [0.2, 0.25) is 0 Å². The lowest BCUT2D eigenvalue weighted by Crippen LogP contribution is -2.13. The van der Waals surface area contributed by atoms with E-state index < -0.39 is 5.91 Å². The van der Waals surface area contributed by atoms with E-state index in [1.807, 2.05) is 78.9 Å². The van der Waals surface area contributed by atoms with Crippen LogP contribution in [-0.2, 0) is 0 Å². The zero-order valence-electron chi connectivity index (χ0n) is 27.8. The number of carbonyl (C=O) groups excluding carboxylic acids is 2. The number of para-hydroxylation sites is 1. The highest BCUT2D eigenvalue weighted by atomic mass is 16.5. The Morgan fingerprint density at radius 1 is 0.490 bits per heavy atom. The Morgan fingerprint density at radius 2 is 0.961 bits per heavy atom. The van der Waals surface area contributed by atoms with Gasteiger partial charge in [-0.25, -0.2) is 0 Å². The van der Waals surface area contributed by atoms with E-state index in [1.165, 1.54) is 7.11 Å². The van der Waals surface area contributed by atoms with Crippen molar-refractivity contribution < 1.29 is 34.0 Å². The van der Waals surface area contributed by atoms with E-state index >= 15 is 0 Å². The first-order valence-corrected chi connectivity index (χ1v) is 15.9. The molecule has 0 aliphatic carbocycles. The summed E-state index contributed by atoms with van der Waals surface area (Å²) in [6.45, 7) is 0. The lowest BCUT2D eigenvalue weighted by molar-refractivity contribution is 0.101. The van der Waals surface area contributed by atoms with Crippen molar-refractivity contribution in [2.75, 3.05) is 24.9 Å². The summed E-state index contributed by atoms with van der Waals surface area (Å²) in [6.07, 6.45) is 0. The molecule has 0 saturated heterocycles. The molecule has 0 aliphatic heterocycles. The summed E-state index contributed by atoms with van der Waals surface area (Å²) in [6, 6.07) is 43.3. The molecule has 9 nitrogen and oxygen atoms in total. The van der Waals surface area contributed by atoms with E-state index in [-0.39, 0.29) is 28.5 Å². The van der Waals surface area contributed by atoms with Crippen molar-refractivity contribution in [1.29, 1.82) is 0 Å². The Bertz CT molecular complexity index is 2320. The maximum Gasteiger partial charge on any atom is 0.259 e. The van der Waals surface area contributed by atoms with Crippen LogP contribution in [0.3, 0.4) is 0 Å². The van der Waals surface area contributed by atoms with Gasteiger partial charge < -0.3 is 35.1 Å². The van der Waals surface area contributed by atoms with Crippen LogP contribution in [0.25, 0.3) is 21.5 Å². The van der Waals surface area contributed by atoms with Gasteiger partial charge >= 0.3 is 0 Å². The number of phenolic OH excluding ortho intramolecular Hbond substituents is 2. The molecule has 9 heteroatoms. The van der Waals surface area contributed by atoms with Gasteiger partial charge in [-0.05, 0) is 94.3 Å². The van der Waals surface area contributed by atoms with Crippen molar-refractivity contribution in [2.45, 2.75) is 0 Å². The molecule has 51 heavy (non-hydrogen) atoms. The third kappa shape index (κ3) is 8.18. The summed E-state index contributed by atoms with van der Waals surface area (Å²) in [4.78, 5) is 25.1. The highest BCUT2D eigenvalue weighted by Crippen LogP contribution is 2.32. The largest absolute Gasteiger partial charge is 0.507 e. The van der Waals surface area contributed by atoms with Gasteiger partial charge in [-0.2, -0.15) is 0 Å². The van der Waals surface area contributed by atoms with Crippen LogP contribution >= 0.6 is 0 Å². The van der Waals surface area contributed by atoms with E-state index in [9.17, 15) is 19.8 Å². The van der Waals surface area contributed by atoms with Gasteiger partial charge in [0, 0.05) is 11.8 Å². The SMILES string of the molecule is COc1ccc(NC(=O)c2cc3ccccc3cc2O)c(OC)c1.O=C(Nc1ccc(Oc2ccccc2)cc1)c1cc2ccccc2cc1O. The number of aromatic hydroxyl groups is 2. The number of fused-ring (bicyclic) bond motifs is 2. The normalized spacial score (nSPS) is 10.5. The van der Waals surface area contributed by atoms with Crippen LogP contribution in [0.4, 0.5) is 11.4 Å². The topological polar surface area (TPSA) is 126 Å². The van der Waals surface area contributed by atoms with Crippen molar-refractivity contribution in [1.82, 2.24) is 0 Å². The van der Waals surface area contributed by atoms with Gasteiger partial charge in [0.25, 0.3) is 11.8 Å². The first kappa shape index (κ1) is 33.9. The van der Waals surface area contributed by atoms with Crippen molar-refractivity contribution in [3.63, 3.8) is 0 Å². The minimum absolute atomic E-state index is 0.0461. The molecule has 7 aromatic rings. The molecule has 0 saturated carbocycles. The summed E-state index contributed by atoms with van der Waals surface area (Å²) in [5.41, 5.74) is 1.55. The molecule has 0 heterocycles. The number of amides is 2. The lowest BCUT2D eigenvalue weighted by Gasteiger charge is -2.12. The van der Waals surface area contributed by atoms with Gasteiger partial charge in [0.1, 0.15) is 34.5 Å². The van der Waals surface area contributed by atoms with Crippen LogP contribution < -0.4 is 24.8 Å². The Balaban J connectivity index is 0.000000177. The Hall–Kier alpha value is -7.00. The quantitative estimate of drug-likeness (QED) is 0.126. The maximum absolute atomic E-state index is 12.6. The molecule has 254 valence electrons. The molecule has 0 radical (unpaired) electrons. The minimum Gasteiger partial charge on any atom is -0.507 e. The highest BCUT2D eigenvalue weighted by Gasteiger charge is 2.16. The van der Waals surface area contributed by atoms with Gasteiger partial charge in [0.05, 0.1) is 31.0 Å². The second-order valence-electron chi connectivity index (χ2n) is 11.3. The minimum atomic E-state index is -0.415. The molecule has 0 atom stereocenters. The predicted octanol–water partition coefficient (Wildman–Crippen LogP) is 9.40. The first-order valence-electron chi connectivity index (χ1n) is 15.9. The standard InChI is InChI=1S/C23H17NO3.C19H17NO4/c25-22-15-17-7-5-4-6-16(17)14-21(22)23(26)24-18-10-12-20(13-11-18)27-19-8-2-1-3-9-19;1-23-14-7-8-16(18(11-14)24-2)20-19(22)15-9-12-5-3-4-6-13(12)10-17(15)21/h1-15,25H,(H,24,26);3-11,21H,1-2H3,(H,20,22). The fraction of sp³-hybridized carbons (Fsp3) is 0.0476. The number of hydrogen-bond acceptors (Lipinski definition) is 7. The van der Waals surface area contributed by atoms with Crippen LogP contribution in [-0.4, -0.2) is 36.2 Å². The van der Waals surface area contributed by atoms with E-state index in [1.54, 1.807) is 73.8 Å². The molecule has 4 N–H and O–H groups in total. The lowest BCUT2D eigenvalue weighted by atomic mass is 10.1. The second-order valence-corrected chi connectivity index (χ2v) is 11.3. The average molecular weight is 679 g/mol. The number of hydrogen-bond donors (Lipinski definition) is 4. The summed E-state index contributed by atoms with van der Waals surface area (Å²) in [5.74, 6) is 1.62. The molecule has 0 spiro atoms. The van der Waals surface area contributed by atoms with E-state index in [4.69, 9.17) is 14.2 Å². The summed E-state index contributed by atoms with van der Waals surface area (Å²) in [7, 11) is 3.07. The summed E-state index contributed by atoms with van der Waals surface area (Å²) >= 11 is 0. The van der Waals surface area contributed by atoms with Crippen LogP contribution in [0.15, 0.2) is 146 Å². The van der Waals surface area contributed by atoms with Crippen molar-refractivity contribution >= 4 is 44.7 Å². The fourth-order valence-corrected chi connectivity index (χ4v) is 5.34. The number of benzene rings is 7. The maximum atomic E-state index is 12.6. The molecule has 0 aromatic heterocycles. The molecular formula is C42H34N2O7. The molecular weight excluding hydrogens is 644 g/mol. The molecule has 0 fully saturated rings. The molecule has 2 amide bonds. The number of carbonyl (C=O) groups is 2. The van der Waals surface area contributed by atoms with Crippen LogP contribution in [0.5, 0.6) is 34.5 Å². The number of phenols is 2. The zero-order chi connectivity index (χ0) is 35.7. The number of anilines is 2. The van der Waals surface area contributed by atoms with Crippen molar-refractivity contribution in [2.24, 2.45) is 0 Å². The highest BCUT2D eigenvalue weighted by molar-refractivity contribution is 6.10. The van der Waals surface area contributed by atoms with Crippen LogP contribution in [0.2, 0.25) is 0 Å². The van der Waals surface area contributed by atoms with Gasteiger partial charge in [0.15, 0.2) is 0 Å². The Morgan fingerprint density at radius 3 is 1.49 bits per heavy atom. The third-order valence-electron chi connectivity index (χ3n) is 7.97. The number of ether oxygens (including phenoxy) is 3. The Kier molecular flexibility index (Phi) is 10.3. The number of methoxy groups -OCH3 is 2. The fourth-order valence-electron chi connectivity index (χ4n) is 5.34. The van der Waals surface area contributed by atoms with Gasteiger partial charge in [-0.1, -0.05) is 66.7 Å². The molecule has 0 bridgehead atoms. The third-order valence-corrected chi connectivity index (χ3v) is 7.97. The van der Waals surface area contributed by atoms with Gasteiger partial charge in [-0.15, -0.1) is 0 Å². The molecule has 0 aliphatic rings. The molecule has 7 aromatic carbocycles. The average Bonchev–Trinajstić information content (AvgIpc) is 3.15. The van der Waals surface area contributed by atoms with Crippen molar-refractivity contribution in [3.05, 3.63) is 157 Å². The van der Waals surface area contributed by atoms with E-state index in [0.717, 1.165) is 27.3 Å². The number of nitrogens with one attached hydrogen (secondary N) is 2. The second kappa shape index (κ2) is 15.5. The molecule has 7 rings (SSSR count). The van der Waals surface area contributed by atoms with E-state index in [2.05, 4.69) is 10.6 Å². The predicted molar refractivity (Wildman–Crippen MR) is 200 cm³/mol. The van der Waals surface area contributed by atoms with E-state index in [0.29, 0.717) is 28.6 Å². The zero-order valence-corrected chi connectivity index (χ0v) is 27.8.